The number of rotatable bonds is 4. The Morgan fingerprint density at radius 2 is 2.20 bits per heavy atom. The van der Waals surface area contributed by atoms with Gasteiger partial charge in [0.25, 0.3) is 0 Å². The van der Waals surface area contributed by atoms with Crippen molar-refractivity contribution in [3.8, 4) is 0 Å². The highest BCUT2D eigenvalue weighted by Gasteiger charge is 2.20. The van der Waals surface area contributed by atoms with E-state index in [1.54, 1.807) is 0 Å². The first-order chi connectivity index (χ1) is 7.36. The van der Waals surface area contributed by atoms with Crippen molar-refractivity contribution in [3.63, 3.8) is 0 Å². The smallest absolute Gasteiger partial charge is 0.135 e. The lowest BCUT2D eigenvalue weighted by molar-refractivity contribution is -0.122. The van der Waals surface area contributed by atoms with Crippen LogP contribution < -0.4 is 0 Å². The molecule has 2 aliphatic rings. The summed E-state index contributed by atoms with van der Waals surface area (Å²) in [5.41, 5.74) is 0. The Morgan fingerprint density at radius 1 is 1.33 bits per heavy atom. The predicted molar refractivity (Wildman–Crippen MR) is 59.7 cm³/mol. The van der Waals surface area contributed by atoms with E-state index in [2.05, 4.69) is 12.2 Å². The number of hydrogen-bond acceptors (Lipinski definition) is 2. The molecule has 0 amide bonds. The number of carbonyl (C=O) groups is 1. The largest absolute Gasteiger partial charge is 0.369 e. The van der Waals surface area contributed by atoms with E-state index < -0.39 is 0 Å². The summed E-state index contributed by atoms with van der Waals surface area (Å²) in [5, 5.41) is 0. The minimum atomic E-state index is 0.345. The lowest BCUT2D eigenvalue weighted by Crippen LogP contribution is -2.11. The van der Waals surface area contributed by atoms with Crippen LogP contribution in [0, 0.1) is 5.92 Å². The van der Waals surface area contributed by atoms with Crippen molar-refractivity contribution in [2.45, 2.75) is 51.0 Å². The number of epoxide rings is 1. The van der Waals surface area contributed by atoms with Gasteiger partial charge in [-0.3, -0.25) is 4.79 Å². The van der Waals surface area contributed by atoms with Gasteiger partial charge >= 0.3 is 0 Å². The highest BCUT2D eigenvalue weighted by molar-refractivity contribution is 5.81. The first kappa shape index (κ1) is 10.9. The first-order valence-corrected chi connectivity index (χ1v) is 6.17. The molecule has 0 bridgehead atoms. The maximum absolute atomic E-state index is 11.7. The lowest BCUT2D eigenvalue weighted by atomic mass is 9.94. The summed E-state index contributed by atoms with van der Waals surface area (Å²) >= 11 is 0. The molecule has 1 unspecified atom stereocenters. The second-order valence-corrected chi connectivity index (χ2v) is 4.64. The molecule has 2 atom stereocenters. The zero-order valence-electron chi connectivity index (χ0n) is 9.28. The van der Waals surface area contributed by atoms with Crippen LogP contribution in [0.1, 0.15) is 44.9 Å². The summed E-state index contributed by atoms with van der Waals surface area (Å²) in [7, 11) is 0. The number of hydrogen-bond donors (Lipinski definition) is 0. The van der Waals surface area contributed by atoms with Gasteiger partial charge in [-0.15, -0.1) is 0 Å². The highest BCUT2D eigenvalue weighted by Crippen LogP contribution is 2.24. The predicted octanol–water partition coefficient (Wildman–Crippen LogP) is 2.87. The standard InChI is InChI=1S/C13H20O2/c14-13-9-3-1-2-6-11(13)7-4-5-8-12-10-15-12/h5,8,11-12H,1-4,6-7,9-10H2/b8-5+/t11?,12-/m0/s1. The molecule has 1 heterocycles. The molecule has 2 heteroatoms. The third-order valence-electron chi connectivity index (χ3n) is 3.32. The molecular weight excluding hydrogens is 188 g/mol. The van der Waals surface area contributed by atoms with Gasteiger partial charge in [-0.25, -0.2) is 0 Å². The third-order valence-corrected chi connectivity index (χ3v) is 3.32. The van der Waals surface area contributed by atoms with E-state index >= 15 is 0 Å². The Labute approximate surface area is 91.7 Å². The zero-order chi connectivity index (χ0) is 10.5. The summed E-state index contributed by atoms with van der Waals surface area (Å²) in [6, 6.07) is 0. The number of carbonyl (C=O) groups excluding carboxylic acids is 1. The Kier molecular flexibility index (Phi) is 3.95. The van der Waals surface area contributed by atoms with Gasteiger partial charge in [0.2, 0.25) is 0 Å². The summed E-state index contributed by atoms with van der Waals surface area (Å²) < 4.78 is 5.09. The molecule has 2 nitrogen and oxygen atoms in total. The van der Waals surface area contributed by atoms with Gasteiger partial charge in [0, 0.05) is 12.3 Å². The van der Waals surface area contributed by atoms with Crippen molar-refractivity contribution < 1.29 is 9.53 Å². The molecule has 0 aromatic heterocycles. The fraction of sp³-hybridized carbons (Fsp3) is 0.769. The maximum Gasteiger partial charge on any atom is 0.135 e. The average Bonchev–Trinajstić information content (AvgIpc) is 3.03. The molecule has 0 N–H and O–H groups in total. The average molecular weight is 208 g/mol. The number of allylic oxidation sites excluding steroid dienone is 1. The van der Waals surface area contributed by atoms with E-state index in [-0.39, 0.29) is 0 Å². The summed E-state index contributed by atoms with van der Waals surface area (Å²) in [6.07, 6.45) is 12.3. The van der Waals surface area contributed by atoms with Gasteiger partial charge in [0.1, 0.15) is 5.78 Å². The van der Waals surface area contributed by atoms with Crippen molar-refractivity contribution in [2.24, 2.45) is 5.92 Å². The maximum atomic E-state index is 11.7. The molecule has 1 aliphatic carbocycles. The minimum absolute atomic E-state index is 0.345. The normalized spacial score (nSPS) is 31.9. The van der Waals surface area contributed by atoms with E-state index in [9.17, 15) is 4.79 Å². The molecule has 0 spiro atoms. The third kappa shape index (κ3) is 3.78. The van der Waals surface area contributed by atoms with Gasteiger partial charge in [-0.1, -0.05) is 25.0 Å². The second kappa shape index (κ2) is 5.45. The van der Waals surface area contributed by atoms with Gasteiger partial charge in [0.15, 0.2) is 0 Å². The van der Waals surface area contributed by atoms with E-state index in [1.807, 2.05) is 0 Å². The number of Topliss-reactive ketones (excluding diaryl/α,β-unsaturated/α-hetero) is 1. The van der Waals surface area contributed by atoms with Crippen LogP contribution in [0.15, 0.2) is 12.2 Å². The van der Waals surface area contributed by atoms with E-state index in [0.717, 1.165) is 38.7 Å². The fourth-order valence-electron chi connectivity index (χ4n) is 2.25. The molecule has 0 aromatic carbocycles. The van der Waals surface area contributed by atoms with Crippen LogP contribution in [-0.2, 0) is 9.53 Å². The van der Waals surface area contributed by atoms with Crippen molar-refractivity contribution in [3.05, 3.63) is 12.2 Å². The monoisotopic (exact) mass is 208 g/mol. The highest BCUT2D eigenvalue weighted by atomic mass is 16.6. The van der Waals surface area contributed by atoms with Gasteiger partial charge in [-0.05, 0) is 25.7 Å². The Morgan fingerprint density at radius 3 is 3.00 bits per heavy atom. The van der Waals surface area contributed by atoms with Crippen molar-refractivity contribution in [1.29, 1.82) is 0 Å². The van der Waals surface area contributed by atoms with Crippen LogP contribution >= 0.6 is 0 Å². The van der Waals surface area contributed by atoms with Crippen LogP contribution in [-0.4, -0.2) is 18.5 Å². The van der Waals surface area contributed by atoms with Crippen molar-refractivity contribution in [2.75, 3.05) is 6.61 Å². The van der Waals surface area contributed by atoms with Crippen LogP contribution in [0.2, 0.25) is 0 Å². The summed E-state index contributed by atoms with van der Waals surface area (Å²) in [4.78, 5) is 11.7. The van der Waals surface area contributed by atoms with Crippen molar-refractivity contribution in [1.82, 2.24) is 0 Å². The Balaban J connectivity index is 1.68. The van der Waals surface area contributed by atoms with Crippen LogP contribution in [0.3, 0.4) is 0 Å². The molecule has 1 saturated carbocycles. The lowest BCUT2D eigenvalue weighted by Gasteiger charge is -2.10. The van der Waals surface area contributed by atoms with E-state index in [4.69, 9.17) is 4.74 Å². The minimum Gasteiger partial charge on any atom is -0.369 e. The number of ether oxygens (including phenoxy) is 1. The quantitative estimate of drug-likeness (QED) is 0.404. The summed E-state index contributed by atoms with van der Waals surface area (Å²) in [6.45, 7) is 0.888. The molecule has 0 radical (unpaired) electrons. The second-order valence-electron chi connectivity index (χ2n) is 4.64. The van der Waals surface area contributed by atoms with Crippen LogP contribution in [0.25, 0.3) is 0 Å². The van der Waals surface area contributed by atoms with E-state index in [0.29, 0.717) is 17.8 Å². The molecule has 0 aromatic rings. The SMILES string of the molecule is O=C1CCCCCC1CC/C=C/[C@H]1CO1. The van der Waals surface area contributed by atoms with Gasteiger partial charge in [-0.2, -0.15) is 0 Å². The molecule has 15 heavy (non-hydrogen) atoms. The molecule has 2 rings (SSSR count). The van der Waals surface area contributed by atoms with Gasteiger partial charge < -0.3 is 4.74 Å². The van der Waals surface area contributed by atoms with Crippen molar-refractivity contribution >= 4 is 5.78 Å². The topological polar surface area (TPSA) is 29.6 Å². The zero-order valence-corrected chi connectivity index (χ0v) is 9.28. The molecule has 84 valence electrons. The van der Waals surface area contributed by atoms with Crippen LogP contribution in [0.5, 0.6) is 0 Å². The first-order valence-electron chi connectivity index (χ1n) is 6.17. The Bertz CT molecular complexity index is 241. The fourth-order valence-corrected chi connectivity index (χ4v) is 2.25. The molecule has 2 fully saturated rings. The van der Waals surface area contributed by atoms with E-state index in [1.165, 1.54) is 12.8 Å². The Hall–Kier alpha value is -0.630. The summed E-state index contributed by atoms with van der Waals surface area (Å²) in [5.74, 6) is 0.848. The number of ketones is 1. The molecule has 1 aliphatic heterocycles. The molecule has 1 saturated heterocycles. The molecular formula is C13H20O2. The van der Waals surface area contributed by atoms with Crippen LogP contribution in [0.4, 0.5) is 0 Å². The van der Waals surface area contributed by atoms with Gasteiger partial charge in [0.05, 0.1) is 12.7 Å².